The molecule has 1 rings (SSSR count). The summed E-state index contributed by atoms with van der Waals surface area (Å²) in [5, 5.41) is 34.0. The number of aliphatic hydroxyl groups excluding tert-OH is 3. The van der Waals surface area contributed by atoms with Crippen molar-refractivity contribution in [2.75, 3.05) is 19.7 Å². The number of rotatable bonds is 37. The molecule has 0 unspecified atom stereocenters. The van der Waals surface area contributed by atoms with Crippen molar-refractivity contribution in [3.63, 3.8) is 0 Å². The van der Waals surface area contributed by atoms with Crippen LogP contribution < -0.4 is 11.1 Å². The minimum absolute atomic E-state index is 0.154. The zero-order chi connectivity index (χ0) is 38.8. The normalized spacial score (nSPS) is 20.2. The Balaban J connectivity index is 2.52. The number of aliphatic hydroxyl groups is 3. The van der Waals surface area contributed by atoms with Crippen LogP contribution in [-0.4, -0.2) is 75.9 Å². The van der Waals surface area contributed by atoms with Gasteiger partial charge < -0.3 is 31.1 Å². The number of hydrogen-bond donors (Lipinski definition) is 5. The van der Waals surface area contributed by atoms with E-state index in [4.69, 9.17) is 10.5 Å². The van der Waals surface area contributed by atoms with Crippen LogP contribution in [0.1, 0.15) is 226 Å². The third kappa shape index (κ3) is 24.1. The molecule has 0 aliphatic carbocycles. The second-order valence-corrected chi connectivity index (χ2v) is 16.2. The number of nitrogens with two attached hydrogens (primary N) is 1. The Morgan fingerprint density at radius 3 is 1.34 bits per heavy atom. The molecule has 0 aromatic rings. The first-order chi connectivity index (χ1) is 25.8. The van der Waals surface area contributed by atoms with E-state index < -0.39 is 36.7 Å². The summed E-state index contributed by atoms with van der Waals surface area (Å²) in [5.74, 6) is -2.36. The van der Waals surface area contributed by atoms with Gasteiger partial charge in [-0.15, -0.1) is 0 Å². The molecule has 1 aliphatic heterocycles. The molecule has 0 bridgehead atoms. The maximum Gasteiger partial charge on any atom is 0.237 e. The second-order valence-electron chi connectivity index (χ2n) is 16.2. The van der Waals surface area contributed by atoms with E-state index in [0.717, 1.165) is 44.9 Å². The summed E-state index contributed by atoms with van der Waals surface area (Å²) in [7, 11) is 0. The molecule has 314 valence electrons. The summed E-state index contributed by atoms with van der Waals surface area (Å²) in [4.78, 5) is 28.1. The summed E-state index contributed by atoms with van der Waals surface area (Å²) in [6.45, 7) is 4.01. The van der Waals surface area contributed by atoms with E-state index in [9.17, 15) is 24.9 Å². The highest BCUT2D eigenvalue weighted by Gasteiger charge is 2.51. The fourth-order valence-corrected chi connectivity index (χ4v) is 7.86. The number of unbranched alkanes of at least 4 members (excludes halogenated alkanes) is 29. The zero-order valence-electron chi connectivity index (χ0n) is 34.8. The number of carbonyl (C=O) groups excluding carboxylic acids is 2. The molecule has 1 aliphatic rings. The lowest BCUT2D eigenvalue weighted by Gasteiger charge is -2.50. The largest absolute Gasteiger partial charge is 0.394 e. The molecular formula is C44H87N3O6. The molecule has 53 heavy (non-hydrogen) atoms. The Morgan fingerprint density at radius 2 is 0.981 bits per heavy atom. The molecule has 2 amide bonds. The summed E-state index contributed by atoms with van der Waals surface area (Å²) in [6.07, 6.45) is 35.0. The third-order valence-corrected chi connectivity index (χ3v) is 11.3. The average Bonchev–Trinajstić information content (AvgIpc) is 3.15. The standard InChI is InChI=1S/C44H87N3O6/c1-3-5-7-9-11-13-15-17-19-21-23-25-27-29-31-33-35-47(44(46-41(50)37-45)36-39(49)43(52)40(38-48)53-44)42(51)34-32-30-28-26-24-22-20-18-16-14-12-10-8-6-4-2/h39-40,43,48-49,52H,3-38,45H2,1-2H3,(H,46,50)/t39-,40-,43+,44+/m1/s1. The van der Waals surface area contributed by atoms with Crippen molar-refractivity contribution in [1.29, 1.82) is 0 Å². The van der Waals surface area contributed by atoms with Crippen molar-refractivity contribution in [2.45, 2.75) is 250 Å². The molecule has 6 N–H and O–H groups in total. The van der Waals surface area contributed by atoms with E-state index in [1.54, 1.807) is 4.90 Å². The summed E-state index contributed by atoms with van der Waals surface area (Å²) in [5.41, 5.74) is 5.66. The number of ether oxygens (including phenoxy) is 1. The van der Waals surface area contributed by atoms with E-state index in [1.165, 1.54) is 154 Å². The highest BCUT2D eigenvalue weighted by Crippen LogP contribution is 2.32. The summed E-state index contributed by atoms with van der Waals surface area (Å²) < 4.78 is 6.13. The Kier molecular flexibility index (Phi) is 31.9. The molecule has 1 saturated heterocycles. The topological polar surface area (TPSA) is 145 Å². The van der Waals surface area contributed by atoms with Gasteiger partial charge in [0.1, 0.15) is 12.2 Å². The van der Waals surface area contributed by atoms with E-state index in [-0.39, 0.29) is 18.9 Å². The predicted molar refractivity (Wildman–Crippen MR) is 219 cm³/mol. The van der Waals surface area contributed by atoms with Crippen molar-refractivity contribution in [3.8, 4) is 0 Å². The van der Waals surface area contributed by atoms with Crippen LogP contribution in [0.15, 0.2) is 0 Å². The van der Waals surface area contributed by atoms with Gasteiger partial charge in [0, 0.05) is 19.4 Å². The predicted octanol–water partition coefficient (Wildman–Crippen LogP) is 9.57. The van der Waals surface area contributed by atoms with Gasteiger partial charge in [0.2, 0.25) is 17.7 Å². The highest BCUT2D eigenvalue weighted by molar-refractivity contribution is 5.81. The minimum Gasteiger partial charge on any atom is -0.394 e. The summed E-state index contributed by atoms with van der Waals surface area (Å²) in [6, 6.07) is 0. The van der Waals surface area contributed by atoms with Crippen LogP contribution in [0.2, 0.25) is 0 Å². The number of amides is 2. The minimum atomic E-state index is -1.68. The van der Waals surface area contributed by atoms with Gasteiger partial charge in [0.15, 0.2) is 0 Å². The van der Waals surface area contributed by atoms with Crippen LogP contribution in [0.5, 0.6) is 0 Å². The monoisotopic (exact) mass is 754 g/mol. The molecule has 0 saturated carbocycles. The molecule has 0 radical (unpaired) electrons. The third-order valence-electron chi connectivity index (χ3n) is 11.3. The van der Waals surface area contributed by atoms with Gasteiger partial charge in [0.25, 0.3) is 0 Å². The second kappa shape index (κ2) is 34.0. The number of nitrogens with zero attached hydrogens (tertiary/aromatic N) is 1. The Bertz CT molecular complexity index is 863. The smallest absolute Gasteiger partial charge is 0.237 e. The van der Waals surface area contributed by atoms with Crippen LogP contribution in [0, 0.1) is 0 Å². The molecule has 1 fully saturated rings. The van der Waals surface area contributed by atoms with Crippen LogP contribution in [0.4, 0.5) is 0 Å². The van der Waals surface area contributed by atoms with Gasteiger partial charge in [-0.25, -0.2) is 0 Å². The maximum atomic E-state index is 13.9. The zero-order valence-corrected chi connectivity index (χ0v) is 34.8. The molecule has 1 heterocycles. The lowest BCUT2D eigenvalue weighted by atomic mass is 9.96. The Morgan fingerprint density at radius 1 is 0.623 bits per heavy atom. The fraction of sp³-hybridized carbons (Fsp3) is 0.955. The van der Waals surface area contributed by atoms with Crippen molar-refractivity contribution in [1.82, 2.24) is 10.2 Å². The first-order valence-electron chi connectivity index (χ1n) is 22.8. The van der Waals surface area contributed by atoms with Crippen LogP contribution in [0.25, 0.3) is 0 Å². The lowest BCUT2D eigenvalue weighted by Crippen LogP contribution is -2.71. The van der Waals surface area contributed by atoms with Gasteiger partial charge in [-0.1, -0.05) is 200 Å². The van der Waals surface area contributed by atoms with Crippen LogP contribution in [0.3, 0.4) is 0 Å². The lowest BCUT2D eigenvalue weighted by molar-refractivity contribution is -0.280. The first kappa shape index (κ1) is 49.8. The fourth-order valence-electron chi connectivity index (χ4n) is 7.86. The van der Waals surface area contributed by atoms with Crippen molar-refractivity contribution < 1.29 is 29.6 Å². The first-order valence-corrected chi connectivity index (χ1v) is 22.8. The van der Waals surface area contributed by atoms with Gasteiger partial charge >= 0.3 is 0 Å². The van der Waals surface area contributed by atoms with Crippen LogP contribution >= 0.6 is 0 Å². The molecule has 4 atom stereocenters. The Hall–Kier alpha value is -1.26. The molecule has 0 aromatic heterocycles. The van der Waals surface area contributed by atoms with Crippen molar-refractivity contribution in [2.24, 2.45) is 5.73 Å². The molecule has 9 heteroatoms. The quantitative estimate of drug-likeness (QED) is 0.0314. The van der Waals surface area contributed by atoms with Crippen molar-refractivity contribution in [3.05, 3.63) is 0 Å². The van der Waals surface area contributed by atoms with E-state index in [2.05, 4.69) is 19.2 Å². The van der Waals surface area contributed by atoms with Gasteiger partial charge in [-0.3, -0.25) is 14.5 Å². The average molecular weight is 754 g/mol. The van der Waals surface area contributed by atoms with E-state index in [1.807, 2.05) is 0 Å². The molecule has 0 spiro atoms. The maximum absolute atomic E-state index is 13.9. The van der Waals surface area contributed by atoms with E-state index in [0.29, 0.717) is 13.0 Å². The molecular weight excluding hydrogens is 666 g/mol. The van der Waals surface area contributed by atoms with Crippen molar-refractivity contribution >= 4 is 11.8 Å². The van der Waals surface area contributed by atoms with Gasteiger partial charge in [-0.05, 0) is 12.8 Å². The van der Waals surface area contributed by atoms with Gasteiger partial charge in [0.05, 0.1) is 19.3 Å². The van der Waals surface area contributed by atoms with E-state index >= 15 is 0 Å². The summed E-state index contributed by atoms with van der Waals surface area (Å²) >= 11 is 0. The molecule has 0 aromatic carbocycles. The number of carbonyl (C=O) groups is 2. The Labute approximate surface area is 326 Å². The SMILES string of the molecule is CCCCCCCCCCCCCCCCCCN(C(=O)CCCCCCCCCCCCCCCCC)[C@@]1(NC(=O)CN)C[C@@H](O)[C@H](O)[C@@H](CO)O1. The number of hydrogen-bond acceptors (Lipinski definition) is 7. The number of nitrogens with one attached hydrogen (secondary N) is 1. The highest BCUT2D eigenvalue weighted by atomic mass is 16.6. The molecule has 9 nitrogen and oxygen atoms in total. The van der Waals surface area contributed by atoms with Crippen LogP contribution in [-0.2, 0) is 14.3 Å². The van der Waals surface area contributed by atoms with Gasteiger partial charge in [-0.2, -0.15) is 0 Å².